The molecule has 3 aromatic rings. The van der Waals surface area contributed by atoms with Gasteiger partial charge in [0.15, 0.2) is 5.82 Å². The number of aliphatic hydroxyl groups is 1. The summed E-state index contributed by atoms with van der Waals surface area (Å²) in [7, 11) is 0. The van der Waals surface area contributed by atoms with Crippen LogP contribution in [0.5, 0.6) is 0 Å². The Hall–Kier alpha value is -2.44. The summed E-state index contributed by atoms with van der Waals surface area (Å²) in [6.45, 7) is 5.86. The SMILES string of the molecule is Cc1cc(C)n(-c2ccc(NCC(C)(O)c3ccccc3Cl)nn2)n1. The van der Waals surface area contributed by atoms with E-state index in [9.17, 15) is 5.11 Å². The topological polar surface area (TPSA) is 75.9 Å². The number of nitrogens with one attached hydrogen (secondary N) is 1. The molecule has 1 atom stereocenters. The maximum Gasteiger partial charge on any atom is 0.176 e. The third-order valence-corrected chi connectivity index (χ3v) is 4.27. The van der Waals surface area contributed by atoms with Crippen molar-refractivity contribution in [2.45, 2.75) is 26.4 Å². The lowest BCUT2D eigenvalue weighted by Crippen LogP contribution is -2.31. The van der Waals surface area contributed by atoms with Crippen LogP contribution in [0.15, 0.2) is 42.5 Å². The zero-order valence-electron chi connectivity index (χ0n) is 14.4. The lowest BCUT2D eigenvalue weighted by Gasteiger charge is -2.25. The van der Waals surface area contributed by atoms with E-state index in [2.05, 4.69) is 20.6 Å². The molecule has 0 spiro atoms. The van der Waals surface area contributed by atoms with Crippen molar-refractivity contribution in [2.75, 3.05) is 11.9 Å². The van der Waals surface area contributed by atoms with Gasteiger partial charge in [-0.15, -0.1) is 10.2 Å². The molecule has 1 aromatic carbocycles. The van der Waals surface area contributed by atoms with E-state index in [1.807, 2.05) is 50.2 Å². The molecule has 0 fully saturated rings. The molecular weight excluding hydrogens is 338 g/mol. The second-order valence-electron chi connectivity index (χ2n) is 6.22. The predicted molar refractivity (Wildman–Crippen MR) is 98.1 cm³/mol. The lowest BCUT2D eigenvalue weighted by atomic mass is 9.96. The fraction of sp³-hybridized carbons (Fsp3) is 0.278. The molecule has 0 radical (unpaired) electrons. The molecule has 2 N–H and O–H groups in total. The highest BCUT2D eigenvalue weighted by molar-refractivity contribution is 6.31. The molecule has 0 aliphatic rings. The fourth-order valence-electron chi connectivity index (χ4n) is 2.65. The first-order chi connectivity index (χ1) is 11.9. The highest BCUT2D eigenvalue weighted by atomic mass is 35.5. The third-order valence-electron chi connectivity index (χ3n) is 3.94. The highest BCUT2D eigenvalue weighted by Crippen LogP contribution is 2.27. The Morgan fingerprint density at radius 1 is 1.16 bits per heavy atom. The van der Waals surface area contributed by atoms with Crippen LogP contribution < -0.4 is 5.32 Å². The van der Waals surface area contributed by atoms with Gasteiger partial charge >= 0.3 is 0 Å². The molecule has 1 unspecified atom stereocenters. The summed E-state index contributed by atoms with van der Waals surface area (Å²) in [5.74, 6) is 1.21. The summed E-state index contributed by atoms with van der Waals surface area (Å²) in [5, 5.41) is 27.1. The molecule has 2 aromatic heterocycles. The third kappa shape index (κ3) is 3.81. The molecule has 0 aliphatic carbocycles. The van der Waals surface area contributed by atoms with E-state index in [0.717, 1.165) is 11.4 Å². The Bertz CT molecular complexity index is 873. The highest BCUT2D eigenvalue weighted by Gasteiger charge is 2.25. The van der Waals surface area contributed by atoms with Crippen LogP contribution in [0.3, 0.4) is 0 Å². The van der Waals surface area contributed by atoms with Crippen molar-refractivity contribution in [3.8, 4) is 5.82 Å². The number of nitrogens with zero attached hydrogens (tertiary/aromatic N) is 4. The molecule has 7 heteroatoms. The Labute approximate surface area is 151 Å². The van der Waals surface area contributed by atoms with Gasteiger partial charge in [0.05, 0.1) is 5.69 Å². The summed E-state index contributed by atoms with van der Waals surface area (Å²) in [4.78, 5) is 0. The fourth-order valence-corrected chi connectivity index (χ4v) is 2.99. The largest absolute Gasteiger partial charge is 0.384 e. The Balaban J connectivity index is 1.72. The molecule has 25 heavy (non-hydrogen) atoms. The van der Waals surface area contributed by atoms with Gasteiger partial charge in [-0.05, 0) is 45.0 Å². The first-order valence-corrected chi connectivity index (χ1v) is 8.33. The van der Waals surface area contributed by atoms with Crippen molar-refractivity contribution in [2.24, 2.45) is 0 Å². The number of halogens is 1. The molecule has 0 saturated carbocycles. The standard InChI is InChI=1S/C18H20ClN5O/c1-12-10-13(2)24(23-12)17-9-8-16(21-22-17)20-11-18(3,25)14-6-4-5-7-15(14)19/h4-10,25H,11H2,1-3H3,(H,20,21). The number of anilines is 1. The predicted octanol–water partition coefficient (Wildman–Crippen LogP) is 3.25. The van der Waals surface area contributed by atoms with E-state index in [-0.39, 0.29) is 6.54 Å². The second kappa shape index (κ2) is 6.82. The molecule has 2 heterocycles. The number of rotatable bonds is 5. The van der Waals surface area contributed by atoms with Gasteiger partial charge in [0.25, 0.3) is 0 Å². The average Bonchev–Trinajstić information content (AvgIpc) is 2.92. The van der Waals surface area contributed by atoms with Crippen LogP contribution in [0.25, 0.3) is 5.82 Å². The van der Waals surface area contributed by atoms with Gasteiger partial charge in [0.2, 0.25) is 0 Å². The minimum absolute atomic E-state index is 0.255. The maximum absolute atomic E-state index is 10.7. The van der Waals surface area contributed by atoms with Gasteiger partial charge in [0.1, 0.15) is 11.4 Å². The normalized spacial score (nSPS) is 13.5. The van der Waals surface area contributed by atoms with Crippen molar-refractivity contribution in [1.82, 2.24) is 20.0 Å². The molecule has 0 bridgehead atoms. The summed E-state index contributed by atoms with van der Waals surface area (Å²) >= 11 is 6.17. The van der Waals surface area contributed by atoms with Gasteiger partial charge in [-0.2, -0.15) is 5.10 Å². The van der Waals surface area contributed by atoms with Crippen molar-refractivity contribution < 1.29 is 5.11 Å². The monoisotopic (exact) mass is 357 g/mol. The van der Waals surface area contributed by atoms with Crippen LogP contribution >= 0.6 is 11.6 Å². The molecule has 130 valence electrons. The maximum atomic E-state index is 10.7. The van der Waals surface area contributed by atoms with Crippen molar-refractivity contribution in [3.63, 3.8) is 0 Å². The Kier molecular flexibility index (Phi) is 4.74. The van der Waals surface area contributed by atoms with Gasteiger partial charge in [-0.1, -0.05) is 29.8 Å². The number of hydrogen-bond acceptors (Lipinski definition) is 5. The second-order valence-corrected chi connectivity index (χ2v) is 6.63. The van der Waals surface area contributed by atoms with E-state index in [4.69, 9.17) is 11.6 Å². The van der Waals surface area contributed by atoms with Crippen molar-refractivity contribution in [3.05, 3.63) is 64.4 Å². The quantitative estimate of drug-likeness (QED) is 0.733. The number of aryl methyl sites for hydroxylation is 2. The summed E-state index contributed by atoms with van der Waals surface area (Å²) < 4.78 is 1.74. The van der Waals surface area contributed by atoms with Gasteiger partial charge in [-0.3, -0.25) is 0 Å². The summed E-state index contributed by atoms with van der Waals surface area (Å²) in [5.41, 5.74) is 1.46. The van der Waals surface area contributed by atoms with Crippen molar-refractivity contribution in [1.29, 1.82) is 0 Å². The zero-order chi connectivity index (χ0) is 18.0. The Morgan fingerprint density at radius 3 is 2.52 bits per heavy atom. The summed E-state index contributed by atoms with van der Waals surface area (Å²) in [6.07, 6.45) is 0. The van der Waals surface area contributed by atoms with Crippen LogP contribution in [0.1, 0.15) is 23.9 Å². The van der Waals surface area contributed by atoms with Gasteiger partial charge < -0.3 is 10.4 Å². The van der Waals surface area contributed by atoms with Gasteiger partial charge in [0, 0.05) is 22.8 Å². The molecule has 0 aliphatic heterocycles. The first-order valence-electron chi connectivity index (χ1n) is 7.95. The number of benzene rings is 1. The Morgan fingerprint density at radius 2 is 1.92 bits per heavy atom. The van der Waals surface area contributed by atoms with Gasteiger partial charge in [-0.25, -0.2) is 4.68 Å². The van der Waals surface area contributed by atoms with E-state index in [1.54, 1.807) is 17.7 Å². The number of aromatic nitrogens is 4. The molecular formula is C18H20ClN5O. The zero-order valence-corrected chi connectivity index (χ0v) is 15.1. The minimum atomic E-state index is -1.13. The molecule has 6 nitrogen and oxygen atoms in total. The number of hydrogen-bond donors (Lipinski definition) is 2. The summed E-state index contributed by atoms with van der Waals surface area (Å²) in [6, 6.07) is 12.9. The van der Waals surface area contributed by atoms with Crippen LogP contribution in [-0.4, -0.2) is 31.6 Å². The molecule has 0 saturated heterocycles. The van der Waals surface area contributed by atoms with E-state index in [0.29, 0.717) is 22.2 Å². The lowest BCUT2D eigenvalue weighted by molar-refractivity contribution is 0.0715. The van der Waals surface area contributed by atoms with Crippen LogP contribution in [-0.2, 0) is 5.60 Å². The van der Waals surface area contributed by atoms with E-state index < -0.39 is 5.60 Å². The van der Waals surface area contributed by atoms with E-state index >= 15 is 0 Å². The smallest absolute Gasteiger partial charge is 0.176 e. The van der Waals surface area contributed by atoms with Crippen LogP contribution in [0, 0.1) is 13.8 Å². The minimum Gasteiger partial charge on any atom is -0.384 e. The first kappa shape index (κ1) is 17.4. The molecule has 0 amide bonds. The average molecular weight is 358 g/mol. The molecule has 3 rings (SSSR count). The van der Waals surface area contributed by atoms with E-state index in [1.165, 1.54) is 0 Å². The van der Waals surface area contributed by atoms with Crippen molar-refractivity contribution >= 4 is 17.4 Å². The van der Waals surface area contributed by atoms with Crippen LogP contribution in [0.4, 0.5) is 5.82 Å². The van der Waals surface area contributed by atoms with Crippen LogP contribution in [0.2, 0.25) is 5.02 Å².